The zero-order valence-corrected chi connectivity index (χ0v) is 12.1. The van der Waals surface area contributed by atoms with E-state index >= 15 is 0 Å². The summed E-state index contributed by atoms with van der Waals surface area (Å²) >= 11 is 0. The third-order valence-corrected chi connectivity index (χ3v) is 3.51. The standard InChI is InChI=1S/C19H14O3/c1-13(21)16-3-2-4-17(11-16)14-5-7-15(8-6-14)19-10-9-18(12-20)22-19/h2-12H,1H3. The lowest BCUT2D eigenvalue weighted by molar-refractivity contribution is 0.101. The second-order valence-electron chi connectivity index (χ2n) is 5.03. The van der Waals surface area contributed by atoms with Gasteiger partial charge in [-0.2, -0.15) is 0 Å². The molecule has 1 aromatic heterocycles. The van der Waals surface area contributed by atoms with Crippen molar-refractivity contribution in [3.8, 4) is 22.5 Å². The molecular formula is C19H14O3. The molecule has 0 bridgehead atoms. The molecule has 3 heteroatoms. The number of carbonyl (C=O) groups is 2. The Kier molecular flexibility index (Phi) is 3.71. The third kappa shape index (κ3) is 2.74. The first-order chi connectivity index (χ1) is 10.7. The van der Waals surface area contributed by atoms with Crippen LogP contribution in [-0.2, 0) is 0 Å². The minimum absolute atomic E-state index is 0.0513. The molecule has 1 heterocycles. The van der Waals surface area contributed by atoms with Crippen LogP contribution in [0.1, 0.15) is 27.8 Å². The fourth-order valence-electron chi connectivity index (χ4n) is 2.32. The van der Waals surface area contributed by atoms with Gasteiger partial charge in [-0.15, -0.1) is 0 Å². The molecule has 3 aromatic rings. The molecule has 0 unspecified atom stereocenters. The Labute approximate surface area is 128 Å². The normalized spacial score (nSPS) is 10.4. The molecule has 0 saturated carbocycles. The lowest BCUT2D eigenvalue weighted by atomic mass is 10.0. The van der Waals surface area contributed by atoms with Crippen molar-refractivity contribution in [2.75, 3.05) is 0 Å². The summed E-state index contributed by atoms with van der Waals surface area (Å²) in [6.45, 7) is 1.56. The Morgan fingerprint density at radius 3 is 2.27 bits per heavy atom. The number of aldehydes is 1. The van der Waals surface area contributed by atoms with Crippen LogP contribution in [0.5, 0.6) is 0 Å². The van der Waals surface area contributed by atoms with E-state index in [1.807, 2.05) is 48.5 Å². The lowest BCUT2D eigenvalue weighted by Gasteiger charge is -2.05. The van der Waals surface area contributed by atoms with Gasteiger partial charge in [0.2, 0.25) is 0 Å². The monoisotopic (exact) mass is 290 g/mol. The van der Waals surface area contributed by atoms with Gasteiger partial charge in [-0.05, 0) is 36.2 Å². The van der Waals surface area contributed by atoms with Gasteiger partial charge in [-0.1, -0.05) is 42.5 Å². The van der Waals surface area contributed by atoms with Crippen LogP contribution in [0.4, 0.5) is 0 Å². The van der Waals surface area contributed by atoms with Crippen LogP contribution in [0, 0.1) is 0 Å². The Balaban J connectivity index is 1.92. The zero-order valence-electron chi connectivity index (χ0n) is 12.1. The van der Waals surface area contributed by atoms with E-state index in [-0.39, 0.29) is 5.78 Å². The molecule has 22 heavy (non-hydrogen) atoms. The van der Waals surface area contributed by atoms with Crippen molar-refractivity contribution in [2.45, 2.75) is 6.92 Å². The molecule has 0 aliphatic carbocycles. The van der Waals surface area contributed by atoms with Gasteiger partial charge in [-0.3, -0.25) is 9.59 Å². The summed E-state index contributed by atoms with van der Waals surface area (Å²) in [4.78, 5) is 22.1. The summed E-state index contributed by atoms with van der Waals surface area (Å²) in [5.74, 6) is 1.02. The number of carbonyl (C=O) groups excluding carboxylic acids is 2. The number of ketones is 1. The molecule has 3 nitrogen and oxygen atoms in total. The van der Waals surface area contributed by atoms with Crippen LogP contribution < -0.4 is 0 Å². The summed E-state index contributed by atoms with van der Waals surface area (Å²) in [6, 6.07) is 18.8. The molecular weight excluding hydrogens is 276 g/mol. The first kappa shape index (κ1) is 14.0. The highest BCUT2D eigenvalue weighted by atomic mass is 16.3. The van der Waals surface area contributed by atoms with E-state index in [2.05, 4.69) is 0 Å². The van der Waals surface area contributed by atoms with E-state index in [1.54, 1.807) is 19.1 Å². The van der Waals surface area contributed by atoms with Crippen LogP contribution >= 0.6 is 0 Å². The van der Waals surface area contributed by atoms with Gasteiger partial charge in [-0.25, -0.2) is 0 Å². The molecule has 0 atom stereocenters. The first-order valence-electron chi connectivity index (χ1n) is 6.94. The molecule has 108 valence electrons. The first-order valence-corrected chi connectivity index (χ1v) is 6.94. The van der Waals surface area contributed by atoms with Crippen molar-refractivity contribution >= 4 is 12.1 Å². The number of rotatable bonds is 4. The van der Waals surface area contributed by atoms with Crippen molar-refractivity contribution in [3.63, 3.8) is 0 Å². The Bertz CT molecular complexity index is 826. The summed E-state index contributed by atoms with van der Waals surface area (Å²) in [6.07, 6.45) is 0.686. The average molecular weight is 290 g/mol. The predicted octanol–water partition coefficient (Wildman–Crippen LogP) is 4.63. The summed E-state index contributed by atoms with van der Waals surface area (Å²) in [5, 5.41) is 0. The van der Waals surface area contributed by atoms with E-state index in [9.17, 15) is 9.59 Å². The van der Waals surface area contributed by atoms with E-state index < -0.39 is 0 Å². The molecule has 0 radical (unpaired) electrons. The van der Waals surface area contributed by atoms with Crippen LogP contribution in [0.3, 0.4) is 0 Å². The summed E-state index contributed by atoms with van der Waals surface area (Å²) in [5.41, 5.74) is 3.61. The number of hydrogen-bond donors (Lipinski definition) is 0. The maximum absolute atomic E-state index is 11.5. The number of Topliss-reactive ketones (excluding diaryl/α,β-unsaturated/α-hetero) is 1. The van der Waals surface area contributed by atoms with Gasteiger partial charge in [0, 0.05) is 11.1 Å². The molecule has 2 aromatic carbocycles. The Morgan fingerprint density at radius 2 is 1.64 bits per heavy atom. The number of benzene rings is 2. The zero-order chi connectivity index (χ0) is 15.5. The Hall–Kier alpha value is -2.94. The highest BCUT2D eigenvalue weighted by Gasteiger charge is 2.06. The highest BCUT2D eigenvalue weighted by Crippen LogP contribution is 2.26. The minimum atomic E-state index is 0.0513. The van der Waals surface area contributed by atoms with E-state index in [4.69, 9.17) is 4.42 Å². The van der Waals surface area contributed by atoms with Crippen LogP contribution in [0.15, 0.2) is 65.1 Å². The smallest absolute Gasteiger partial charge is 0.185 e. The van der Waals surface area contributed by atoms with E-state index in [0.29, 0.717) is 23.4 Å². The molecule has 0 N–H and O–H groups in total. The fourth-order valence-corrected chi connectivity index (χ4v) is 2.32. The third-order valence-electron chi connectivity index (χ3n) is 3.51. The van der Waals surface area contributed by atoms with Gasteiger partial charge in [0.25, 0.3) is 0 Å². The van der Waals surface area contributed by atoms with Crippen LogP contribution in [0.2, 0.25) is 0 Å². The fraction of sp³-hybridized carbons (Fsp3) is 0.0526. The second kappa shape index (κ2) is 5.82. The lowest BCUT2D eigenvalue weighted by Crippen LogP contribution is -1.91. The van der Waals surface area contributed by atoms with Crippen molar-refractivity contribution in [1.29, 1.82) is 0 Å². The SMILES string of the molecule is CC(=O)c1cccc(-c2ccc(-c3ccc(C=O)o3)cc2)c1. The second-order valence-corrected chi connectivity index (χ2v) is 5.03. The van der Waals surface area contributed by atoms with Crippen molar-refractivity contribution in [1.82, 2.24) is 0 Å². The molecule has 0 saturated heterocycles. The van der Waals surface area contributed by atoms with Gasteiger partial charge < -0.3 is 4.42 Å². The summed E-state index contributed by atoms with van der Waals surface area (Å²) < 4.78 is 5.40. The average Bonchev–Trinajstić information content (AvgIpc) is 3.04. The Morgan fingerprint density at radius 1 is 0.909 bits per heavy atom. The van der Waals surface area contributed by atoms with Gasteiger partial charge in [0.15, 0.2) is 17.8 Å². The van der Waals surface area contributed by atoms with E-state index in [0.717, 1.165) is 16.7 Å². The molecule has 0 aliphatic rings. The minimum Gasteiger partial charge on any atom is -0.453 e. The maximum atomic E-state index is 11.5. The summed E-state index contributed by atoms with van der Waals surface area (Å²) in [7, 11) is 0. The van der Waals surface area contributed by atoms with Crippen LogP contribution in [0.25, 0.3) is 22.5 Å². The largest absolute Gasteiger partial charge is 0.453 e. The molecule has 0 fully saturated rings. The predicted molar refractivity (Wildman–Crippen MR) is 85.0 cm³/mol. The highest BCUT2D eigenvalue weighted by molar-refractivity contribution is 5.95. The van der Waals surface area contributed by atoms with Gasteiger partial charge >= 0.3 is 0 Å². The molecule has 0 amide bonds. The number of hydrogen-bond acceptors (Lipinski definition) is 3. The molecule has 3 rings (SSSR count). The van der Waals surface area contributed by atoms with Crippen molar-refractivity contribution < 1.29 is 14.0 Å². The van der Waals surface area contributed by atoms with Gasteiger partial charge in [0.1, 0.15) is 5.76 Å². The van der Waals surface area contributed by atoms with Crippen molar-refractivity contribution in [3.05, 3.63) is 72.0 Å². The quantitative estimate of drug-likeness (QED) is 0.520. The molecule has 0 aliphatic heterocycles. The molecule has 0 spiro atoms. The topological polar surface area (TPSA) is 47.3 Å². The van der Waals surface area contributed by atoms with E-state index in [1.165, 1.54) is 0 Å². The maximum Gasteiger partial charge on any atom is 0.185 e. The van der Waals surface area contributed by atoms with Crippen molar-refractivity contribution in [2.24, 2.45) is 0 Å². The number of furan rings is 1. The van der Waals surface area contributed by atoms with Gasteiger partial charge in [0.05, 0.1) is 0 Å². The van der Waals surface area contributed by atoms with Crippen LogP contribution in [-0.4, -0.2) is 12.1 Å².